The van der Waals surface area contributed by atoms with Gasteiger partial charge in [0.05, 0.1) is 5.38 Å². The number of unbranched alkanes of at least 4 members (excludes halogenated alkanes) is 8. The molecule has 0 rings (SSSR count). The molecule has 0 aromatic carbocycles. The van der Waals surface area contributed by atoms with Crippen LogP contribution in [0.2, 0.25) is 0 Å². The first kappa shape index (κ1) is 19.8. The Hall–Kier alpha value is -0.240. The minimum atomic E-state index is 0.0436. The van der Waals surface area contributed by atoms with Gasteiger partial charge in [-0.05, 0) is 12.3 Å². The first-order valence-electron chi connectivity index (χ1n) is 8.48. The maximum atomic E-state index is 11.6. The quantitative estimate of drug-likeness (QED) is 0.364. The van der Waals surface area contributed by atoms with Crippen molar-refractivity contribution >= 4 is 17.5 Å². The van der Waals surface area contributed by atoms with Gasteiger partial charge in [-0.25, -0.2) is 0 Å². The molecule has 0 aromatic rings. The summed E-state index contributed by atoms with van der Waals surface area (Å²) in [6.07, 6.45) is 12.2. The van der Waals surface area contributed by atoms with Gasteiger partial charge in [0, 0.05) is 13.0 Å². The molecular formula is C17H34ClNO. The van der Waals surface area contributed by atoms with Gasteiger partial charge in [0.1, 0.15) is 0 Å². The van der Waals surface area contributed by atoms with Crippen LogP contribution in [0.5, 0.6) is 0 Å². The molecule has 0 aliphatic carbocycles. The highest BCUT2D eigenvalue weighted by molar-refractivity contribution is 6.21. The van der Waals surface area contributed by atoms with Gasteiger partial charge in [0.15, 0.2) is 0 Å². The minimum absolute atomic E-state index is 0.0436. The Morgan fingerprint density at radius 1 is 0.950 bits per heavy atom. The zero-order valence-corrected chi connectivity index (χ0v) is 14.5. The van der Waals surface area contributed by atoms with Crippen LogP contribution in [0.15, 0.2) is 0 Å². The lowest BCUT2D eigenvalue weighted by Gasteiger charge is -2.13. The van der Waals surface area contributed by atoms with E-state index in [1.54, 1.807) is 0 Å². The Kier molecular flexibility index (Phi) is 13.6. The number of rotatable bonds is 13. The third-order valence-electron chi connectivity index (χ3n) is 3.73. The molecule has 0 aliphatic heterocycles. The summed E-state index contributed by atoms with van der Waals surface area (Å²) in [5, 5.41) is 2.96. The standard InChI is InChI=1S/C17H34ClNO/c1-4-5-6-7-8-9-10-11-12-13-17(20)19-14-16(18)15(2)3/h15-16H,4-14H2,1-3H3,(H,19,20). The highest BCUT2D eigenvalue weighted by Crippen LogP contribution is 2.11. The van der Waals surface area contributed by atoms with Crippen molar-refractivity contribution in [3.05, 3.63) is 0 Å². The monoisotopic (exact) mass is 303 g/mol. The first-order chi connectivity index (χ1) is 9.57. The second-order valence-corrected chi connectivity index (χ2v) is 6.70. The van der Waals surface area contributed by atoms with Crippen LogP contribution >= 0.6 is 11.6 Å². The summed E-state index contributed by atoms with van der Waals surface area (Å²) in [6, 6.07) is 0. The van der Waals surface area contributed by atoms with Gasteiger partial charge >= 0.3 is 0 Å². The van der Waals surface area contributed by atoms with Crippen molar-refractivity contribution in [1.82, 2.24) is 5.32 Å². The molecule has 20 heavy (non-hydrogen) atoms. The number of hydrogen-bond acceptors (Lipinski definition) is 1. The van der Waals surface area contributed by atoms with E-state index in [0.29, 0.717) is 18.9 Å². The molecule has 0 aromatic heterocycles. The first-order valence-corrected chi connectivity index (χ1v) is 8.92. The number of hydrogen-bond donors (Lipinski definition) is 1. The molecule has 0 bridgehead atoms. The molecule has 0 spiro atoms. The average Bonchev–Trinajstić information content (AvgIpc) is 2.42. The number of alkyl halides is 1. The summed E-state index contributed by atoms with van der Waals surface area (Å²) in [6.45, 7) is 6.99. The highest BCUT2D eigenvalue weighted by Gasteiger charge is 2.10. The van der Waals surface area contributed by atoms with Crippen LogP contribution in [0.1, 0.15) is 85.0 Å². The van der Waals surface area contributed by atoms with E-state index in [4.69, 9.17) is 11.6 Å². The van der Waals surface area contributed by atoms with Crippen LogP contribution in [0, 0.1) is 5.92 Å². The molecule has 1 atom stereocenters. The highest BCUT2D eigenvalue weighted by atomic mass is 35.5. The summed E-state index contributed by atoms with van der Waals surface area (Å²) < 4.78 is 0. The van der Waals surface area contributed by atoms with Gasteiger partial charge in [-0.2, -0.15) is 0 Å². The molecule has 3 heteroatoms. The van der Waals surface area contributed by atoms with Crippen LogP contribution in [0.25, 0.3) is 0 Å². The van der Waals surface area contributed by atoms with Gasteiger partial charge in [-0.15, -0.1) is 11.6 Å². The summed E-state index contributed by atoms with van der Waals surface area (Å²) >= 11 is 6.10. The lowest BCUT2D eigenvalue weighted by Crippen LogP contribution is -2.31. The van der Waals surface area contributed by atoms with Crippen LogP contribution < -0.4 is 5.32 Å². The van der Waals surface area contributed by atoms with Crippen LogP contribution in [-0.2, 0) is 4.79 Å². The summed E-state index contributed by atoms with van der Waals surface area (Å²) in [5.74, 6) is 0.559. The number of halogens is 1. The third kappa shape index (κ3) is 12.8. The van der Waals surface area contributed by atoms with E-state index < -0.39 is 0 Å². The van der Waals surface area contributed by atoms with Gasteiger partial charge < -0.3 is 5.32 Å². The molecular weight excluding hydrogens is 270 g/mol. The topological polar surface area (TPSA) is 29.1 Å². The van der Waals surface area contributed by atoms with Crippen LogP contribution in [-0.4, -0.2) is 17.8 Å². The average molecular weight is 304 g/mol. The Labute approximate surface area is 131 Å². The Morgan fingerprint density at radius 3 is 1.95 bits per heavy atom. The molecule has 1 N–H and O–H groups in total. The molecule has 0 fully saturated rings. The summed E-state index contributed by atoms with van der Waals surface area (Å²) in [7, 11) is 0. The Balaban J connectivity index is 3.27. The summed E-state index contributed by atoms with van der Waals surface area (Å²) in [5.41, 5.74) is 0. The lowest BCUT2D eigenvalue weighted by atomic mass is 10.1. The maximum absolute atomic E-state index is 11.6. The normalized spacial score (nSPS) is 12.7. The summed E-state index contributed by atoms with van der Waals surface area (Å²) in [4.78, 5) is 11.6. The molecule has 0 heterocycles. The fraction of sp³-hybridized carbons (Fsp3) is 0.941. The Morgan fingerprint density at radius 2 is 1.45 bits per heavy atom. The van der Waals surface area contributed by atoms with Crippen molar-refractivity contribution in [2.45, 2.75) is 90.4 Å². The second-order valence-electron chi connectivity index (χ2n) is 6.14. The van der Waals surface area contributed by atoms with Gasteiger partial charge in [0.2, 0.25) is 5.91 Å². The second kappa shape index (κ2) is 13.7. The van der Waals surface area contributed by atoms with Crippen molar-refractivity contribution in [3.63, 3.8) is 0 Å². The molecule has 120 valence electrons. The van der Waals surface area contributed by atoms with Crippen LogP contribution in [0.3, 0.4) is 0 Å². The van der Waals surface area contributed by atoms with E-state index >= 15 is 0 Å². The third-order valence-corrected chi connectivity index (χ3v) is 4.38. The predicted molar refractivity (Wildman–Crippen MR) is 89.3 cm³/mol. The van der Waals surface area contributed by atoms with E-state index in [1.807, 2.05) is 0 Å². The number of carbonyl (C=O) groups excluding carboxylic acids is 1. The van der Waals surface area contributed by atoms with Crippen LogP contribution in [0.4, 0.5) is 0 Å². The SMILES string of the molecule is CCCCCCCCCCCC(=O)NCC(Cl)C(C)C. The van der Waals surface area contributed by atoms with E-state index in [0.717, 1.165) is 6.42 Å². The fourth-order valence-corrected chi connectivity index (χ4v) is 2.21. The molecule has 1 unspecified atom stereocenters. The molecule has 0 saturated heterocycles. The smallest absolute Gasteiger partial charge is 0.220 e. The zero-order valence-electron chi connectivity index (χ0n) is 13.7. The zero-order chi connectivity index (χ0) is 15.2. The number of carbonyl (C=O) groups is 1. The lowest BCUT2D eigenvalue weighted by molar-refractivity contribution is -0.121. The largest absolute Gasteiger partial charge is 0.355 e. The number of amides is 1. The van der Waals surface area contributed by atoms with Gasteiger partial charge in [-0.3, -0.25) is 4.79 Å². The fourth-order valence-electron chi connectivity index (χ4n) is 2.13. The molecule has 0 aliphatic rings. The van der Waals surface area contributed by atoms with E-state index in [9.17, 15) is 4.79 Å². The van der Waals surface area contributed by atoms with Crippen molar-refractivity contribution in [1.29, 1.82) is 0 Å². The van der Waals surface area contributed by atoms with E-state index in [1.165, 1.54) is 51.4 Å². The van der Waals surface area contributed by atoms with Gasteiger partial charge in [-0.1, -0.05) is 72.1 Å². The molecule has 0 saturated carbocycles. The van der Waals surface area contributed by atoms with E-state index in [-0.39, 0.29) is 11.3 Å². The molecule has 1 amide bonds. The Bertz CT molecular complexity index is 231. The number of nitrogens with one attached hydrogen (secondary N) is 1. The van der Waals surface area contributed by atoms with Crippen molar-refractivity contribution in [3.8, 4) is 0 Å². The maximum Gasteiger partial charge on any atom is 0.220 e. The van der Waals surface area contributed by atoms with Gasteiger partial charge in [0.25, 0.3) is 0 Å². The minimum Gasteiger partial charge on any atom is -0.355 e. The van der Waals surface area contributed by atoms with Crippen molar-refractivity contribution in [2.24, 2.45) is 5.92 Å². The van der Waals surface area contributed by atoms with E-state index in [2.05, 4.69) is 26.1 Å². The molecule has 2 nitrogen and oxygen atoms in total. The van der Waals surface area contributed by atoms with Crippen molar-refractivity contribution in [2.75, 3.05) is 6.54 Å². The predicted octanol–water partition coefficient (Wildman–Crippen LogP) is 5.29. The van der Waals surface area contributed by atoms with Crippen molar-refractivity contribution < 1.29 is 4.79 Å². The molecule has 0 radical (unpaired) electrons.